The first-order chi connectivity index (χ1) is 6.25. The van der Waals surface area contributed by atoms with Crippen LogP contribution < -0.4 is 5.32 Å². The Balaban J connectivity index is 2.62. The van der Waals surface area contributed by atoms with E-state index >= 15 is 0 Å². The van der Waals surface area contributed by atoms with Gasteiger partial charge in [0.1, 0.15) is 5.76 Å². The summed E-state index contributed by atoms with van der Waals surface area (Å²) >= 11 is 3.43. The molecule has 0 radical (unpaired) electrons. The third-order valence-corrected chi connectivity index (χ3v) is 2.44. The van der Waals surface area contributed by atoms with Crippen LogP contribution in [0.4, 0.5) is 0 Å². The highest BCUT2D eigenvalue weighted by Crippen LogP contribution is 2.24. The van der Waals surface area contributed by atoms with Gasteiger partial charge in [-0.1, -0.05) is 6.08 Å². The molecule has 13 heavy (non-hydrogen) atoms. The van der Waals surface area contributed by atoms with Crippen molar-refractivity contribution < 1.29 is 4.42 Å². The van der Waals surface area contributed by atoms with Crippen molar-refractivity contribution in [2.24, 2.45) is 0 Å². The maximum absolute atomic E-state index is 5.32. The first-order valence-electron chi connectivity index (χ1n) is 4.30. The number of furan rings is 1. The summed E-state index contributed by atoms with van der Waals surface area (Å²) in [6, 6.07) is 1.91. The molecule has 1 heterocycles. The summed E-state index contributed by atoms with van der Waals surface area (Å²) in [6.45, 7) is 3.05. The number of nitrogens with one attached hydrogen (secondary N) is 1. The fourth-order valence-corrected chi connectivity index (χ4v) is 1.61. The van der Waals surface area contributed by atoms with Crippen molar-refractivity contribution in [2.45, 2.75) is 13.3 Å². The first-order valence-corrected chi connectivity index (χ1v) is 5.09. The van der Waals surface area contributed by atoms with Crippen LogP contribution in [0.25, 0.3) is 5.57 Å². The molecular formula is C10H14BrNO. The number of rotatable bonds is 4. The van der Waals surface area contributed by atoms with Crippen LogP contribution >= 0.6 is 15.9 Å². The van der Waals surface area contributed by atoms with E-state index in [1.54, 1.807) is 6.26 Å². The minimum Gasteiger partial charge on any atom is -0.464 e. The van der Waals surface area contributed by atoms with Gasteiger partial charge in [0.05, 0.1) is 10.7 Å². The quantitative estimate of drug-likeness (QED) is 0.823. The van der Waals surface area contributed by atoms with Gasteiger partial charge in [0.15, 0.2) is 0 Å². The Labute approximate surface area is 87.1 Å². The lowest BCUT2D eigenvalue weighted by atomic mass is 10.2. The summed E-state index contributed by atoms with van der Waals surface area (Å²) in [6.07, 6.45) is 4.88. The van der Waals surface area contributed by atoms with Crippen molar-refractivity contribution in [3.05, 3.63) is 28.6 Å². The van der Waals surface area contributed by atoms with Gasteiger partial charge >= 0.3 is 0 Å². The monoisotopic (exact) mass is 243 g/mol. The summed E-state index contributed by atoms with van der Waals surface area (Å²) in [5.74, 6) is 0.927. The van der Waals surface area contributed by atoms with E-state index in [0.717, 1.165) is 23.2 Å². The molecule has 72 valence electrons. The average molecular weight is 244 g/mol. The molecule has 0 amide bonds. The molecule has 0 saturated carbocycles. The molecule has 1 aromatic heterocycles. The highest BCUT2D eigenvalue weighted by molar-refractivity contribution is 9.10. The van der Waals surface area contributed by atoms with Gasteiger partial charge in [-0.2, -0.15) is 0 Å². The molecule has 0 bridgehead atoms. The molecule has 0 aromatic carbocycles. The molecule has 0 aliphatic rings. The lowest BCUT2D eigenvalue weighted by Crippen LogP contribution is -2.05. The lowest BCUT2D eigenvalue weighted by Gasteiger charge is -1.98. The van der Waals surface area contributed by atoms with Crippen molar-refractivity contribution in [2.75, 3.05) is 13.6 Å². The maximum Gasteiger partial charge on any atom is 0.143 e. The fraction of sp³-hybridized carbons (Fsp3) is 0.400. The van der Waals surface area contributed by atoms with Crippen LogP contribution in [0, 0.1) is 0 Å². The molecule has 0 atom stereocenters. The van der Waals surface area contributed by atoms with Gasteiger partial charge in [-0.3, -0.25) is 0 Å². The van der Waals surface area contributed by atoms with Gasteiger partial charge in [-0.25, -0.2) is 0 Å². The van der Waals surface area contributed by atoms with E-state index < -0.39 is 0 Å². The second-order valence-electron chi connectivity index (χ2n) is 2.88. The molecule has 3 heteroatoms. The third kappa shape index (κ3) is 3.01. The van der Waals surface area contributed by atoms with Crippen LogP contribution in [0.15, 0.2) is 27.3 Å². The molecule has 0 aliphatic heterocycles. The zero-order valence-electron chi connectivity index (χ0n) is 7.93. The van der Waals surface area contributed by atoms with Gasteiger partial charge in [0.25, 0.3) is 0 Å². The van der Waals surface area contributed by atoms with Crippen molar-refractivity contribution >= 4 is 21.5 Å². The van der Waals surface area contributed by atoms with Gasteiger partial charge in [0, 0.05) is 0 Å². The molecular weight excluding hydrogens is 230 g/mol. The van der Waals surface area contributed by atoms with E-state index in [4.69, 9.17) is 4.42 Å². The Morgan fingerprint density at radius 1 is 1.69 bits per heavy atom. The fourth-order valence-electron chi connectivity index (χ4n) is 1.10. The van der Waals surface area contributed by atoms with Gasteiger partial charge in [0.2, 0.25) is 0 Å². The Kier molecular flexibility index (Phi) is 4.25. The summed E-state index contributed by atoms with van der Waals surface area (Å²) in [4.78, 5) is 0. The molecule has 0 fully saturated rings. The predicted molar refractivity (Wildman–Crippen MR) is 58.6 cm³/mol. The largest absolute Gasteiger partial charge is 0.464 e. The average Bonchev–Trinajstić information content (AvgIpc) is 2.52. The molecule has 0 aliphatic carbocycles. The molecule has 0 unspecified atom stereocenters. The van der Waals surface area contributed by atoms with Gasteiger partial charge < -0.3 is 9.73 Å². The summed E-state index contributed by atoms with van der Waals surface area (Å²) in [5, 5.41) is 3.10. The normalized spacial score (nSPS) is 12.1. The van der Waals surface area contributed by atoms with Crippen LogP contribution in [-0.2, 0) is 0 Å². The van der Waals surface area contributed by atoms with E-state index in [2.05, 4.69) is 34.2 Å². The Morgan fingerprint density at radius 3 is 3.00 bits per heavy atom. The number of halogens is 1. The highest BCUT2D eigenvalue weighted by atomic mass is 79.9. The van der Waals surface area contributed by atoms with Crippen LogP contribution in [-0.4, -0.2) is 13.6 Å². The lowest BCUT2D eigenvalue weighted by molar-refractivity contribution is 0.551. The Bertz CT molecular complexity index is 291. The number of hydrogen-bond acceptors (Lipinski definition) is 2. The zero-order valence-corrected chi connectivity index (χ0v) is 9.52. The van der Waals surface area contributed by atoms with Crippen molar-refractivity contribution in [3.63, 3.8) is 0 Å². The molecule has 1 rings (SSSR count). The molecule has 2 nitrogen and oxygen atoms in total. The minimum absolute atomic E-state index is 0.927. The minimum atomic E-state index is 0.927. The van der Waals surface area contributed by atoms with Crippen molar-refractivity contribution in [3.8, 4) is 0 Å². The molecule has 0 spiro atoms. The molecule has 0 saturated heterocycles. The molecule has 1 N–H and O–H groups in total. The standard InChI is InChI=1S/C10H14BrNO/c1-8(4-3-6-12-2)10-9(11)5-7-13-10/h4-5,7,12H,3,6H2,1-2H3. The Hall–Kier alpha value is -0.540. The maximum atomic E-state index is 5.32. The van der Waals surface area contributed by atoms with Crippen LogP contribution in [0.3, 0.4) is 0 Å². The summed E-state index contributed by atoms with van der Waals surface area (Å²) in [7, 11) is 1.95. The number of hydrogen-bond donors (Lipinski definition) is 1. The highest BCUT2D eigenvalue weighted by Gasteiger charge is 2.03. The van der Waals surface area contributed by atoms with Crippen LogP contribution in [0.5, 0.6) is 0 Å². The van der Waals surface area contributed by atoms with Crippen LogP contribution in [0.1, 0.15) is 19.1 Å². The smallest absolute Gasteiger partial charge is 0.143 e. The van der Waals surface area contributed by atoms with Gasteiger partial charge in [-0.15, -0.1) is 0 Å². The zero-order chi connectivity index (χ0) is 9.68. The van der Waals surface area contributed by atoms with E-state index in [-0.39, 0.29) is 0 Å². The van der Waals surface area contributed by atoms with E-state index in [0.29, 0.717) is 0 Å². The summed E-state index contributed by atoms with van der Waals surface area (Å²) < 4.78 is 6.34. The Morgan fingerprint density at radius 2 is 2.46 bits per heavy atom. The second kappa shape index (κ2) is 5.25. The van der Waals surface area contributed by atoms with Gasteiger partial charge in [-0.05, 0) is 54.5 Å². The van der Waals surface area contributed by atoms with Crippen molar-refractivity contribution in [1.29, 1.82) is 0 Å². The van der Waals surface area contributed by atoms with E-state index in [1.807, 2.05) is 13.1 Å². The topological polar surface area (TPSA) is 25.2 Å². The molecule has 1 aromatic rings. The number of allylic oxidation sites excluding steroid dienone is 1. The van der Waals surface area contributed by atoms with Crippen LogP contribution in [0.2, 0.25) is 0 Å². The first kappa shape index (κ1) is 10.5. The SMILES string of the molecule is CNCCC=C(C)c1occc1Br. The van der Waals surface area contributed by atoms with E-state index in [1.165, 1.54) is 5.57 Å². The summed E-state index contributed by atoms with van der Waals surface area (Å²) in [5.41, 5.74) is 1.17. The predicted octanol–water partition coefficient (Wildman–Crippen LogP) is 3.05. The third-order valence-electron chi connectivity index (χ3n) is 1.82. The second-order valence-corrected chi connectivity index (χ2v) is 3.73. The van der Waals surface area contributed by atoms with Crippen molar-refractivity contribution in [1.82, 2.24) is 5.32 Å². The van der Waals surface area contributed by atoms with E-state index in [9.17, 15) is 0 Å².